The third-order valence-electron chi connectivity index (χ3n) is 7.80. The maximum Gasteiger partial charge on any atom is 0.323 e. The molecule has 0 radical (unpaired) electrons. The van der Waals surface area contributed by atoms with Crippen molar-refractivity contribution in [3.8, 4) is 17.2 Å². The highest BCUT2D eigenvalue weighted by atomic mass is 16.5. The van der Waals surface area contributed by atoms with Crippen molar-refractivity contribution >= 4 is 5.97 Å². The van der Waals surface area contributed by atoms with Crippen LogP contribution in [0.1, 0.15) is 30.4 Å². The van der Waals surface area contributed by atoms with Gasteiger partial charge in [0.1, 0.15) is 17.9 Å². The number of nitrogens with zero attached hydrogens (tertiary/aromatic N) is 1. The number of nitrogens with one attached hydrogen (secondary N) is 1. The normalized spacial score (nSPS) is 35.6. The number of carboxylic acids is 1. The van der Waals surface area contributed by atoms with Gasteiger partial charge in [-0.25, -0.2) is 0 Å². The largest absolute Gasteiger partial charge is 0.504 e. The first-order valence-electron chi connectivity index (χ1n) is 10.3. The van der Waals surface area contributed by atoms with Crippen LogP contribution in [0.4, 0.5) is 0 Å². The molecule has 2 bridgehead atoms. The molecular weight excluding hydrogens is 376 g/mol. The number of rotatable bonds is 5. The molecule has 1 spiro atoms. The molecule has 1 aromatic carbocycles. The van der Waals surface area contributed by atoms with E-state index in [9.17, 15) is 20.1 Å². The Balaban J connectivity index is 1.65. The fourth-order valence-electron chi connectivity index (χ4n) is 6.60. The number of aliphatic hydroxyl groups is 1. The summed E-state index contributed by atoms with van der Waals surface area (Å²) in [4.78, 5) is 13.9. The predicted octanol–water partition coefficient (Wildman–Crippen LogP) is 0.474. The number of hydrogen-bond donors (Lipinski definition) is 4. The third-order valence-corrected chi connectivity index (χ3v) is 7.80. The summed E-state index contributed by atoms with van der Waals surface area (Å²) in [7, 11) is 3.79. The van der Waals surface area contributed by atoms with Gasteiger partial charge in [-0.3, -0.25) is 10.1 Å². The van der Waals surface area contributed by atoms with Crippen molar-refractivity contribution in [2.24, 2.45) is 5.92 Å². The molecule has 6 atom stereocenters. The maximum atomic E-state index is 11.5. The minimum absolute atomic E-state index is 0.0798. The molecule has 5 rings (SSSR count). The molecule has 1 saturated heterocycles. The van der Waals surface area contributed by atoms with Crippen molar-refractivity contribution in [1.82, 2.24) is 10.2 Å². The first-order chi connectivity index (χ1) is 13.9. The van der Waals surface area contributed by atoms with Crippen molar-refractivity contribution in [3.63, 3.8) is 0 Å². The van der Waals surface area contributed by atoms with E-state index >= 15 is 0 Å². The van der Waals surface area contributed by atoms with Gasteiger partial charge < -0.3 is 29.7 Å². The van der Waals surface area contributed by atoms with E-state index in [4.69, 9.17) is 9.47 Å². The molecule has 1 aromatic rings. The molecule has 8 nitrogen and oxygen atoms in total. The molecule has 0 aromatic heterocycles. The van der Waals surface area contributed by atoms with Crippen LogP contribution in [0.25, 0.3) is 0 Å². The standard InChI is InChI=1S/C21H28N2O6/c1-23-6-5-21-11-3-4-12(22-13(9-24)20(26)27)19(21)29-18-15(25)8-16(28-2)10(17(18)21)7-14(11)23/h8,11-14,19,22,24-25H,3-7,9H2,1-2H3,(H,26,27)/t11-,12-,13-,14+,19-,21-/m0/s1. The van der Waals surface area contributed by atoms with Gasteiger partial charge in [0.05, 0.1) is 13.7 Å². The smallest absolute Gasteiger partial charge is 0.323 e. The lowest BCUT2D eigenvalue weighted by molar-refractivity contribution is -0.141. The zero-order valence-corrected chi connectivity index (χ0v) is 16.7. The van der Waals surface area contributed by atoms with E-state index in [0.717, 1.165) is 43.4 Å². The van der Waals surface area contributed by atoms with Gasteiger partial charge in [-0.05, 0) is 45.2 Å². The number of methoxy groups -OCH3 is 1. The first-order valence-corrected chi connectivity index (χ1v) is 10.3. The van der Waals surface area contributed by atoms with Crippen molar-refractivity contribution < 1.29 is 29.6 Å². The van der Waals surface area contributed by atoms with Crippen LogP contribution in [-0.4, -0.2) is 77.7 Å². The van der Waals surface area contributed by atoms with Gasteiger partial charge in [0.15, 0.2) is 11.5 Å². The summed E-state index contributed by atoms with van der Waals surface area (Å²) in [5, 5.41) is 32.8. The zero-order chi connectivity index (χ0) is 20.5. The molecule has 1 saturated carbocycles. The number of aromatic hydroxyl groups is 1. The van der Waals surface area contributed by atoms with Crippen LogP contribution in [0.2, 0.25) is 0 Å². The van der Waals surface area contributed by atoms with Gasteiger partial charge >= 0.3 is 5.97 Å². The molecule has 2 aliphatic heterocycles. The molecule has 4 aliphatic rings. The number of benzene rings is 1. The first kappa shape index (κ1) is 19.0. The lowest BCUT2D eigenvalue weighted by Crippen LogP contribution is -2.69. The molecule has 2 heterocycles. The lowest BCUT2D eigenvalue weighted by atomic mass is 9.51. The van der Waals surface area contributed by atoms with E-state index in [1.54, 1.807) is 13.2 Å². The van der Waals surface area contributed by atoms with E-state index in [1.807, 2.05) is 0 Å². The average molecular weight is 404 g/mol. The van der Waals surface area contributed by atoms with Crippen LogP contribution in [0.15, 0.2) is 6.07 Å². The van der Waals surface area contributed by atoms with E-state index < -0.39 is 18.6 Å². The van der Waals surface area contributed by atoms with Crippen LogP contribution in [-0.2, 0) is 16.6 Å². The second-order valence-corrected chi connectivity index (χ2v) is 8.89. The number of piperidine rings is 1. The number of aliphatic hydroxyl groups excluding tert-OH is 1. The Kier molecular flexibility index (Phi) is 4.24. The number of phenolic OH excluding ortho intramolecular Hbond substituents is 1. The van der Waals surface area contributed by atoms with Gasteiger partial charge in [-0.1, -0.05) is 0 Å². The fraction of sp³-hybridized carbons (Fsp3) is 0.667. The van der Waals surface area contributed by atoms with Crippen molar-refractivity contribution in [2.45, 2.75) is 55.3 Å². The van der Waals surface area contributed by atoms with Crippen LogP contribution < -0.4 is 14.8 Å². The van der Waals surface area contributed by atoms with Crippen LogP contribution >= 0.6 is 0 Å². The second-order valence-electron chi connectivity index (χ2n) is 8.89. The Labute approximate surface area is 169 Å². The summed E-state index contributed by atoms with van der Waals surface area (Å²) in [6, 6.07) is 0.746. The van der Waals surface area contributed by atoms with Gasteiger partial charge in [-0.15, -0.1) is 0 Å². The molecule has 158 valence electrons. The maximum absolute atomic E-state index is 11.5. The van der Waals surface area contributed by atoms with Crippen LogP contribution in [0.3, 0.4) is 0 Å². The summed E-state index contributed by atoms with van der Waals surface area (Å²) in [5.41, 5.74) is 1.89. The Morgan fingerprint density at radius 3 is 2.97 bits per heavy atom. The Morgan fingerprint density at radius 2 is 2.28 bits per heavy atom. The third kappa shape index (κ3) is 2.39. The van der Waals surface area contributed by atoms with E-state index in [2.05, 4.69) is 17.3 Å². The Bertz CT molecular complexity index is 860. The van der Waals surface area contributed by atoms with Crippen molar-refractivity contribution in [3.05, 3.63) is 17.2 Å². The number of carbonyl (C=O) groups is 1. The van der Waals surface area contributed by atoms with Gasteiger partial charge in [0, 0.05) is 34.7 Å². The minimum atomic E-state index is -1.07. The average Bonchev–Trinajstić information content (AvgIpc) is 3.05. The Hall–Kier alpha value is -2.03. The molecular formula is C21H28N2O6. The Morgan fingerprint density at radius 1 is 1.48 bits per heavy atom. The van der Waals surface area contributed by atoms with Gasteiger partial charge in [-0.2, -0.15) is 0 Å². The van der Waals surface area contributed by atoms with Crippen LogP contribution in [0.5, 0.6) is 17.2 Å². The summed E-state index contributed by atoms with van der Waals surface area (Å²) in [6.45, 7) is 0.449. The molecule has 29 heavy (non-hydrogen) atoms. The predicted molar refractivity (Wildman–Crippen MR) is 104 cm³/mol. The topological polar surface area (TPSA) is 111 Å². The molecule has 0 unspecified atom stereocenters. The number of ether oxygens (including phenoxy) is 2. The second kappa shape index (κ2) is 6.48. The van der Waals surface area contributed by atoms with E-state index in [0.29, 0.717) is 23.5 Å². The summed E-state index contributed by atoms with van der Waals surface area (Å²) >= 11 is 0. The van der Waals surface area contributed by atoms with E-state index in [1.165, 1.54) is 0 Å². The minimum Gasteiger partial charge on any atom is -0.504 e. The number of carboxylic acid groups (broad SMARTS) is 1. The molecule has 8 heteroatoms. The monoisotopic (exact) mass is 404 g/mol. The SMILES string of the molecule is COc1cc(O)c2c3c1C[C@@H]1[C@@H]4CC[C@H](N[C@@H](CO)C(=O)O)[C@H](O2)[C@]34CCN1C. The zero-order valence-electron chi connectivity index (χ0n) is 16.7. The molecule has 4 N–H and O–H groups in total. The quantitative estimate of drug-likeness (QED) is 0.561. The molecule has 2 aliphatic carbocycles. The van der Waals surface area contributed by atoms with Gasteiger partial charge in [0.2, 0.25) is 0 Å². The number of likely N-dealkylation sites (tertiary alicyclic amines) is 1. The molecule has 0 amide bonds. The van der Waals surface area contributed by atoms with Gasteiger partial charge in [0.25, 0.3) is 0 Å². The highest BCUT2D eigenvalue weighted by Gasteiger charge is 2.66. The van der Waals surface area contributed by atoms with Crippen molar-refractivity contribution in [2.75, 3.05) is 27.3 Å². The highest BCUT2D eigenvalue weighted by Crippen LogP contribution is 2.65. The summed E-state index contributed by atoms with van der Waals surface area (Å²) in [5.74, 6) is 0.608. The lowest BCUT2D eigenvalue weighted by Gasteiger charge is -2.59. The summed E-state index contributed by atoms with van der Waals surface area (Å²) < 4.78 is 12.0. The number of likely N-dealkylation sites (N-methyl/N-ethyl adjacent to an activating group) is 1. The van der Waals surface area contributed by atoms with E-state index in [-0.39, 0.29) is 23.3 Å². The highest BCUT2D eigenvalue weighted by molar-refractivity contribution is 5.73. The van der Waals surface area contributed by atoms with Crippen LogP contribution in [0, 0.1) is 5.92 Å². The number of hydrogen-bond acceptors (Lipinski definition) is 7. The van der Waals surface area contributed by atoms with Crippen molar-refractivity contribution in [1.29, 1.82) is 0 Å². The number of aliphatic carboxylic acids is 1. The summed E-state index contributed by atoms with van der Waals surface area (Å²) in [6.07, 6.45) is 3.18. The fourth-order valence-corrected chi connectivity index (χ4v) is 6.60. The number of phenols is 1. The molecule has 2 fully saturated rings.